The monoisotopic (exact) mass is 481 g/mol. The number of carbonyl (C=O) groups is 1. The van der Waals surface area contributed by atoms with Crippen molar-refractivity contribution in [3.8, 4) is 11.6 Å². The first-order valence-electron chi connectivity index (χ1n) is 11.1. The lowest BCUT2D eigenvalue weighted by Crippen LogP contribution is -2.33. The van der Waals surface area contributed by atoms with Gasteiger partial charge in [-0.2, -0.15) is 0 Å². The number of hydrogen-bond acceptors (Lipinski definition) is 6. The number of carbonyl (C=O) groups excluding carboxylic acids is 1. The highest BCUT2D eigenvalue weighted by Crippen LogP contribution is 2.37. The van der Waals surface area contributed by atoms with E-state index in [4.69, 9.17) is 21.1 Å². The molecule has 1 aromatic heterocycles. The van der Waals surface area contributed by atoms with Crippen molar-refractivity contribution in [2.45, 2.75) is 18.9 Å². The number of ether oxygens (including phenoxy) is 2. The summed E-state index contributed by atoms with van der Waals surface area (Å²) in [5.74, 6) is 1.34. The molecule has 2 amide bonds. The Hall–Kier alpha value is -3.36. The predicted octanol–water partition coefficient (Wildman–Crippen LogP) is 4.81. The normalized spacial score (nSPS) is 13.5. The third kappa shape index (κ3) is 5.58. The van der Waals surface area contributed by atoms with Crippen molar-refractivity contribution in [2.75, 3.05) is 44.5 Å². The van der Waals surface area contributed by atoms with Crippen LogP contribution in [0.1, 0.15) is 23.7 Å². The highest BCUT2D eigenvalue weighted by atomic mass is 35.5. The smallest absolute Gasteiger partial charge is 0.327 e. The fraction of sp³-hybridized carbons (Fsp3) is 0.320. The Morgan fingerprint density at radius 3 is 2.65 bits per heavy atom. The lowest BCUT2D eigenvalue weighted by atomic mass is 10.1. The summed E-state index contributed by atoms with van der Waals surface area (Å²) >= 11 is 6.26. The number of benzene rings is 2. The molecule has 1 atom stereocenters. The average Bonchev–Trinajstić information content (AvgIpc) is 3.25. The first-order chi connectivity index (χ1) is 16.4. The van der Waals surface area contributed by atoms with Gasteiger partial charge in [0.2, 0.25) is 5.88 Å². The molecule has 0 fully saturated rings. The van der Waals surface area contributed by atoms with Gasteiger partial charge >= 0.3 is 6.03 Å². The number of amides is 2. The number of anilines is 2. The number of nitrogens with one attached hydrogen (secondary N) is 1. The Labute approximate surface area is 204 Å². The van der Waals surface area contributed by atoms with Crippen LogP contribution in [0.5, 0.6) is 11.6 Å². The molecule has 1 aliphatic rings. The van der Waals surface area contributed by atoms with E-state index in [0.29, 0.717) is 29.0 Å². The van der Waals surface area contributed by atoms with E-state index in [1.807, 2.05) is 50.5 Å². The quantitative estimate of drug-likeness (QED) is 0.497. The second-order valence-corrected chi connectivity index (χ2v) is 8.72. The zero-order valence-corrected chi connectivity index (χ0v) is 20.2. The summed E-state index contributed by atoms with van der Waals surface area (Å²) < 4.78 is 11.4. The van der Waals surface area contributed by atoms with Gasteiger partial charge in [0.25, 0.3) is 0 Å². The molecule has 0 aliphatic carbocycles. The van der Waals surface area contributed by atoms with Gasteiger partial charge in [-0.25, -0.2) is 4.79 Å². The minimum atomic E-state index is -0.295. The Kier molecular flexibility index (Phi) is 7.49. The maximum Gasteiger partial charge on any atom is 0.327 e. The van der Waals surface area contributed by atoms with E-state index in [-0.39, 0.29) is 12.1 Å². The van der Waals surface area contributed by atoms with Crippen LogP contribution in [-0.2, 0) is 6.42 Å². The van der Waals surface area contributed by atoms with Crippen molar-refractivity contribution < 1.29 is 14.3 Å². The summed E-state index contributed by atoms with van der Waals surface area (Å²) in [6.45, 7) is 1.41. The molecule has 34 heavy (non-hydrogen) atoms. The van der Waals surface area contributed by atoms with Crippen molar-refractivity contribution in [1.29, 1.82) is 0 Å². The van der Waals surface area contributed by atoms with Crippen molar-refractivity contribution in [2.24, 2.45) is 0 Å². The number of fused-ring (bicyclic) bond motifs is 1. The van der Waals surface area contributed by atoms with Crippen molar-refractivity contribution in [3.63, 3.8) is 0 Å². The van der Waals surface area contributed by atoms with Crippen molar-refractivity contribution >= 4 is 29.1 Å². The van der Waals surface area contributed by atoms with Crippen molar-refractivity contribution in [3.05, 3.63) is 70.7 Å². The lowest BCUT2D eigenvalue weighted by Gasteiger charge is -2.21. The summed E-state index contributed by atoms with van der Waals surface area (Å²) in [5.41, 5.74) is 2.85. The van der Waals surface area contributed by atoms with Gasteiger partial charge in [0, 0.05) is 25.6 Å². The van der Waals surface area contributed by atoms with Gasteiger partial charge in [0.1, 0.15) is 11.9 Å². The minimum absolute atomic E-state index is 0.152. The largest absolute Gasteiger partial charge is 0.495 e. The molecule has 0 saturated heterocycles. The number of halogens is 1. The lowest BCUT2D eigenvalue weighted by molar-refractivity contribution is 0.170. The predicted molar refractivity (Wildman–Crippen MR) is 133 cm³/mol. The summed E-state index contributed by atoms with van der Waals surface area (Å²) in [6, 6.07) is 16.8. The molecule has 4 rings (SSSR count). The molecule has 1 unspecified atom stereocenters. The summed E-state index contributed by atoms with van der Waals surface area (Å²) in [4.78, 5) is 16.6. The molecule has 1 N–H and O–H groups in total. The van der Waals surface area contributed by atoms with Crippen LogP contribution < -0.4 is 19.7 Å². The standard InChI is InChI=1S/C25H28ClN5O3/c1-30(2)13-12-21(17-7-5-4-6-8-17)34-24-10-9-23(28-29-24)27-25(32)31-14-11-18-15-22(33-3)19(26)16-20(18)31/h4-10,15-16,21H,11-14H2,1-3H3,(H,27,28,32). The van der Waals surface area contributed by atoms with Gasteiger partial charge in [-0.05, 0) is 49.8 Å². The van der Waals surface area contributed by atoms with Crippen LogP contribution in [0.25, 0.3) is 0 Å². The Balaban J connectivity index is 1.42. The molecule has 2 heterocycles. The van der Waals surface area contributed by atoms with E-state index >= 15 is 0 Å². The van der Waals surface area contributed by atoms with Gasteiger partial charge in [0.05, 0.1) is 17.8 Å². The number of nitrogens with zero attached hydrogens (tertiary/aromatic N) is 4. The molecule has 0 bridgehead atoms. The van der Waals surface area contributed by atoms with Crippen LogP contribution in [0.15, 0.2) is 54.6 Å². The SMILES string of the molecule is COc1cc2c(cc1Cl)N(C(=O)Nc1ccc(OC(CCN(C)C)c3ccccc3)nn1)CC2. The first-order valence-corrected chi connectivity index (χ1v) is 11.5. The minimum Gasteiger partial charge on any atom is -0.495 e. The zero-order chi connectivity index (χ0) is 24.1. The van der Waals surface area contributed by atoms with E-state index in [2.05, 4.69) is 20.4 Å². The Morgan fingerprint density at radius 1 is 1.18 bits per heavy atom. The number of hydrogen-bond donors (Lipinski definition) is 1. The fourth-order valence-electron chi connectivity index (χ4n) is 3.87. The highest BCUT2D eigenvalue weighted by molar-refractivity contribution is 6.32. The van der Waals surface area contributed by atoms with Crippen LogP contribution in [0.2, 0.25) is 5.02 Å². The highest BCUT2D eigenvalue weighted by Gasteiger charge is 2.27. The molecule has 2 aromatic carbocycles. The zero-order valence-electron chi connectivity index (χ0n) is 19.5. The Morgan fingerprint density at radius 2 is 1.97 bits per heavy atom. The van der Waals surface area contributed by atoms with E-state index in [1.54, 1.807) is 30.2 Å². The number of aromatic nitrogens is 2. The number of urea groups is 1. The third-order valence-electron chi connectivity index (χ3n) is 5.64. The fourth-order valence-corrected chi connectivity index (χ4v) is 4.10. The van der Waals surface area contributed by atoms with Crippen LogP contribution in [0.3, 0.4) is 0 Å². The van der Waals surface area contributed by atoms with Crippen LogP contribution in [0.4, 0.5) is 16.3 Å². The summed E-state index contributed by atoms with van der Waals surface area (Å²) in [7, 11) is 5.63. The topological polar surface area (TPSA) is 79.8 Å². The van der Waals surface area contributed by atoms with E-state index in [1.165, 1.54) is 0 Å². The Bertz CT molecular complexity index is 1130. The molecule has 0 radical (unpaired) electrons. The molecule has 178 valence electrons. The van der Waals surface area contributed by atoms with Gasteiger partial charge < -0.3 is 14.4 Å². The van der Waals surface area contributed by atoms with Gasteiger partial charge in [-0.1, -0.05) is 41.9 Å². The summed E-state index contributed by atoms with van der Waals surface area (Å²) in [5, 5.41) is 11.6. The second-order valence-electron chi connectivity index (χ2n) is 8.31. The molecule has 0 saturated carbocycles. The first kappa shape index (κ1) is 23.8. The van der Waals surface area contributed by atoms with Gasteiger partial charge in [-0.3, -0.25) is 10.2 Å². The van der Waals surface area contributed by atoms with Crippen LogP contribution >= 0.6 is 11.6 Å². The molecule has 9 heteroatoms. The van der Waals surface area contributed by atoms with Crippen LogP contribution in [0, 0.1) is 0 Å². The maximum atomic E-state index is 12.9. The van der Waals surface area contributed by atoms with Crippen molar-refractivity contribution in [1.82, 2.24) is 15.1 Å². The maximum absolute atomic E-state index is 12.9. The molecule has 8 nitrogen and oxygen atoms in total. The second kappa shape index (κ2) is 10.7. The van der Waals surface area contributed by atoms with Gasteiger partial charge in [0.15, 0.2) is 5.82 Å². The average molecular weight is 482 g/mol. The van der Waals surface area contributed by atoms with E-state index in [9.17, 15) is 4.79 Å². The third-order valence-corrected chi connectivity index (χ3v) is 5.94. The number of methoxy groups -OCH3 is 1. The van der Waals surface area contributed by atoms with E-state index < -0.39 is 0 Å². The molecular formula is C25H28ClN5O3. The molecule has 1 aliphatic heterocycles. The molecule has 0 spiro atoms. The summed E-state index contributed by atoms with van der Waals surface area (Å²) in [6.07, 6.45) is 1.38. The van der Waals surface area contributed by atoms with Crippen LogP contribution in [-0.4, -0.2) is 55.4 Å². The van der Waals surface area contributed by atoms with Gasteiger partial charge in [-0.15, -0.1) is 10.2 Å². The molecule has 3 aromatic rings. The number of rotatable bonds is 8. The molecular weight excluding hydrogens is 454 g/mol. The van der Waals surface area contributed by atoms with E-state index in [0.717, 1.165) is 36.2 Å².